The van der Waals surface area contributed by atoms with E-state index < -0.39 is 17.9 Å². The average Bonchev–Trinajstić information content (AvgIpc) is 2.46. The van der Waals surface area contributed by atoms with Crippen molar-refractivity contribution >= 4 is 11.8 Å². The molecule has 1 atom stereocenters. The third-order valence-corrected chi connectivity index (χ3v) is 3.10. The highest BCUT2D eigenvalue weighted by Gasteiger charge is 2.20. The summed E-state index contributed by atoms with van der Waals surface area (Å²) < 4.78 is 0. The van der Waals surface area contributed by atoms with Gasteiger partial charge in [0, 0.05) is 18.1 Å². The molecular formula is C16H16N2O4. The first-order valence-electron chi connectivity index (χ1n) is 6.63. The van der Waals surface area contributed by atoms with Crippen molar-refractivity contribution in [2.45, 2.75) is 12.5 Å². The van der Waals surface area contributed by atoms with Gasteiger partial charge in [0.15, 0.2) is 0 Å². The van der Waals surface area contributed by atoms with Crippen LogP contribution in [-0.4, -0.2) is 28.1 Å². The molecule has 0 bridgehead atoms. The fraction of sp³-hybridized carbons (Fsp3) is 0.125. The van der Waals surface area contributed by atoms with Crippen molar-refractivity contribution in [1.82, 2.24) is 5.32 Å². The quantitative estimate of drug-likeness (QED) is 0.657. The highest BCUT2D eigenvalue weighted by atomic mass is 16.3. The van der Waals surface area contributed by atoms with E-state index in [9.17, 15) is 19.8 Å². The highest BCUT2D eigenvalue weighted by Crippen LogP contribution is 2.20. The largest absolute Gasteiger partial charge is 0.508 e. The number of carbonyl (C=O) groups excluding carboxylic acids is 2. The molecule has 0 heterocycles. The molecular weight excluding hydrogens is 284 g/mol. The van der Waals surface area contributed by atoms with Gasteiger partial charge in [-0.2, -0.15) is 0 Å². The molecule has 2 aromatic carbocycles. The first-order chi connectivity index (χ1) is 10.5. The van der Waals surface area contributed by atoms with Crippen LogP contribution in [0.4, 0.5) is 0 Å². The van der Waals surface area contributed by atoms with Crippen molar-refractivity contribution < 1.29 is 19.8 Å². The first-order valence-corrected chi connectivity index (χ1v) is 6.63. The van der Waals surface area contributed by atoms with Gasteiger partial charge in [0.2, 0.25) is 5.91 Å². The van der Waals surface area contributed by atoms with Crippen LogP contribution in [0.25, 0.3) is 0 Å². The Hall–Kier alpha value is -3.02. The van der Waals surface area contributed by atoms with Crippen LogP contribution in [0.3, 0.4) is 0 Å². The SMILES string of the molecule is NC(=O)[C@H](Cc1ccccc1)NC(=O)c1cc(O)cc(O)c1. The monoisotopic (exact) mass is 300 g/mol. The van der Waals surface area contributed by atoms with Gasteiger partial charge in [-0.05, 0) is 17.7 Å². The summed E-state index contributed by atoms with van der Waals surface area (Å²) >= 11 is 0. The van der Waals surface area contributed by atoms with E-state index in [0.717, 1.165) is 11.6 Å². The van der Waals surface area contributed by atoms with E-state index in [1.807, 2.05) is 30.3 Å². The minimum absolute atomic E-state index is 0.0387. The van der Waals surface area contributed by atoms with Gasteiger partial charge in [0.05, 0.1) is 0 Å². The molecule has 0 aliphatic rings. The summed E-state index contributed by atoms with van der Waals surface area (Å²) in [5.41, 5.74) is 6.21. The number of rotatable bonds is 5. The minimum Gasteiger partial charge on any atom is -0.508 e. The summed E-state index contributed by atoms with van der Waals surface area (Å²) in [5.74, 6) is -1.76. The number of carbonyl (C=O) groups is 2. The molecule has 6 nitrogen and oxygen atoms in total. The summed E-state index contributed by atoms with van der Waals surface area (Å²) in [6, 6.07) is 11.7. The third-order valence-electron chi connectivity index (χ3n) is 3.10. The summed E-state index contributed by atoms with van der Waals surface area (Å²) in [4.78, 5) is 23.6. The van der Waals surface area contributed by atoms with Crippen LogP contribution in [0.1, 0.15) is 15.9 Å². The Labute approximate surface area is 127 Å². The smallest absolute Gasteiger partial charge is 0.252 e. The van der Waals surface area contributed by atoms with E-state index in [2.05, 4.69) is 5.32 Å². The van der Waals surface area contributed by atoms with Crippen LogP contribution in [-0.2, 0) is 11.2 Å². The maximum absolute atomic E-state index is 12.1. The van der Waals surface area contributed by atoms with Gasteiger partial charge in [-0.15, -0.1) is 0 Å². The maximum Gasteiger partial charge on any atom is 0.252 e. The van der Waals surface area contributed by atoms with E-state index in [4.69, 9.17) is 5.73 Å². The topological polar surface area (TPSA) is 113 Å². The van der Waals surface area contributed by atoms with Crippen LogP contribution in [0.2, 0.25) is 0 Å². The van der Waals surface area contributed by atoms with Gasteiger partial charge in [0.1, 0.15) is 17.5 Å². The van der Waals surface area contributed by atoms with E-state index in [1.165, 1.54) is 12.1 Å². The fourth-order valence-electron chi connectivity index (χ4n) is 2.04. The zero-order valence-electron chi connectivity index (χ0n) is 11.7. The molecule has 2 amide bonds. The molecule has 2 aromatic rings. The second-order valence-electron chi connectivity index (χ2n) is 4.86. The number of hydrogen-bond acceptors (Lipinski definition) is 4. The van der Waals surface area contributed by atoms with Crippen molar-refractivity contribution in [1.29, 1.82) is 0 Å². The molecule has 0 fully saturated rings. The van der Waals surface area contributed by atoms with Crippen LogP contribution >= 0.6 is 0 Å². The predicted octanol–water partition coefficient (Wildman–Crippen LogP) is 0.924. The number of phenols is 2. The lowest BCUT2D eigenvalue weighted by Gasteiger charge is -2.16. The van der Waals surface area contributed by atoms with Crippen LogP contribution < -0.4 is 11.1 Å². The van der Waals surface area contributed by atoms with Crippen molar-refractivity contribution in [2.24, 2.45) is 5.73 Å². The number of amides is 2. The van der Waals surface area contributed by atoms with Crippen molar-refractivity contribution in [2.75, 3.05) is 0 Å². The van der Waals surface area contributed by atoms with Gasteiger partial charge in [-0.25, -0.2) is 0 Å². The number of aromatic hydroxyl groups is 2. The molecule has 0 aliphatic carbocycles. The second kappa shape index (κ2) is 6.62. The summed E-state index contributed by atoms with van der Waals surface area (Å²) in [7, 11) is 0. The fourth-order valence-corrected chi connectivity index (χ4v) is 2.04. The molecule has 0 radical (unpaired) electrons. The molecule has 5 N–H and O–H groups in total. The molecule has 22 heavy (non-hydrogen) atoms. The number of phenolic OH excluding ortho intramolecular Hbond substituents is 2. The molecule has 0 unspecified atom stereocenters. The van der Waals surface area contributed by atoms with Gasteiger partial charge in [-0.1, -0.05) is 30.3 Å². The maximum atomic E-state index is 12.1. The molecule has 0 saturated carbocycles. The van der Waals surface area contributed by atoms with E-state index in [0.29, 0.717) is 0 Å². The van der Waals surface area contributed by atoms with E-state index in [-0.39, 0.29) is 23.5 Å². The molecule has 0 saturated heterocycles. The normalized spacial score (nSPS) is 11.6. The minimum atomic E-state index is -0.889. The third kappa shape index (κ3) is 3.99. The Bertz CT molecular complexity index is 666. The Morgan fingerprint density at radius 1 is 1.05 bits per heavy atom. The number of nitrogens with one attached hydrogen (secondary N) is 1. The molecule has 2 rings (SSSR count). The number of primary amides is 1. The second-order valence-corrected chi connectivity index (χ2v) is 4.86. The summed E-state index contributed by atoms with van der Waals surface area (Å²) in [6.07, 6.45) is 0.257. The Morgan fingerprint density at radius 2 is 1.64 bits per heavy atom. The lowest BCUT2D eigenvalue weighted by molar-refractivity contribution is -0.119. The zero-order chi connectivity index (χ0) is 16.1. The number of nitrogens with two attached hydrogens (primary N) is 1. The Morgan fingerprint density at radius 3 is 2.18 bits per heavy atom. The molecule has 0 aromatic heterocycles. The molecule has 114 valence electrons. The van der Waals surface area contributed by atoms with Gasteiger partial charge in [0.25, 0.3) is 5.91 Å². The molecule has 0 spiro atoms. The van der Waals surface area contributed by atoms with Crippen LogP contribution in [0, 0.1) is 0 Å². The molecule has 6 heteroatoms. The Balaban J connectivity index is 2.13. The van der Waals surface area contributed by atoms with Gasteiger partial charge >= 0.3 is 0 Å². The summed E-state index contributed by atoms with van der Waals surface area (Å²) in [5, 5.41) is 21.3. The first kappa shape index (κ1) is 15.4. The van der Waals surface area contributed by atoms with Crippen LogP contribution in [0.5, 0.6) is 11.5 Å². The standard InChI is InChI=1S/C16H16N2O4/c17-15(21)14(6-10-4-2-1-3-5-10)18-16(22)11-7-12(19)9-13(20)8-11/h1-5,7-9,14,19-20H,6H2,(H2,17,21)(H,18,22)/t14-/m0/s1. The van der Waals surface area contributed by atoms with Crippen LogP contribution in [0.15, 0.2) is 48.5 Å². The lowest BCUT2D eigenvalue weighted by Crippen LogP contribution is -2.45. The van der Waals surface area contributed by atoms with E-state index >= 15 is 0 Å². The van der Waals surface area contributed by atoms with Crippen molar-refractivity contribution in [3.63, 3.8) is 0 Å². The Kier molecular flexibility index (Phi) is 4.63. The average molecular weight is 300 g/mol. The van der Waals surface area contributed by atoms with Gasteiger partial charge < -0.3 is 21.3 Å². The summed E-state index contributed by atoms with van der Waals surface area (Å²) in [6.45, 7) is 0. The lowest BCUT2D eigenvalue weighted by atomic mass is 10.0. The van der Waals surface area contributed by atoms with Crippen molar-refractivity contribution in [3.05, 3.63) is 59.7 Å². The molecule has 0 aliphatic heterocycles. The zero-order valence-corrected chi connectivity index (χ0v) is 11.7. The number of benzene rings is 2. The van der Waals surface area contributed by atoms with E-state index in [1.54, 1.807) is 0 Å². The predicted molar refractivity (Wildman–Crippen MR) is 80.4 cm³/mol. The van der Waals surface area contributed by atoms with Crippen molar-refractivity contribution in [3.8, 4) is 11.5 Å². The number of hydrogen-bond donors (Lipinski definition) is 4. The highest BCUT2D eigenvalue weighted by molar-refractivity contribution is 5.98. The van der Waals surface area contributed by atoms with Gasteiger partial charge in [-0.3, -0.25) is 9.59 Å².